The van der Waals surface area contributed by atoms with E-state index < -0.39 is 0 Å². The van der Waals surface area contributed by atoms with Crippen LogP contribution in [0.15, 0.2) is 48.7 Å². The number of halogens is 1. The molecule has 0 saturated carbocycles. The highest BCUT2D eigenvalue weighted by Crippen LogP contribution is 2.37. The van der Waals surface area contributed by atoms with Gasteiger partial charge in [0.15, 0.2) is 0 Å². The highest BCUT2D eigenvalue weighted by molar-refractivity contribution is 6.06. The Morgan fingerprint density at radius 2 is 1.59 bits per heavy atom. The minimum absolute atomic E-state index is 0.0973. The molecule has 2 aromatic rings. The fourth-order valence-electron chi connectivity index (χ4n) is 4.47. The van der Waals surface area contributed by atoms with E-state index in [1.54, 1.807) is 29.3 Å². The van der Waals surface area contributed by atoms with Crippen LogP contribution in [0.3, 0.4) is 0 Å². The first kappa shape index (κ1) is 17.8. The van der Waals surface area contributed by atoms with E-state index in [0.717, 1.165) is 11.1 Å². The number of allylic oxidation sites excluding steroid dienone is 2. The molecule has 1 aromatic heterocycles. The number of benzene rings is 1. The molecule has 0 spiro atoms. The Bertz CT molecular complexity index is 994. The van der Waals surface area contributed by atoms with Crippen LogP contribution in [0, 0.1) is 17.7 Å². The summed E-state index contributed by atoms with van der Waals surface area (Å²) < 4.78 is 13.1. The molecule has 3 heterocycles. The molecule has 0 radical (unpaired) electrons. The highest BCUT2D eigenvalue weighted by Gasteiger charge is 2.52. The standard InChI is InChI=1S/C22H20FN3O3/c23-15-7-5-13(6-8-15)14-9-19(24-10-14)22(29)25-11-16(12-25)26-20(27)17-3-1-2-4-18(17)21(26)28/h1-2,5-10,16-18,24H,3-4,11-12H2/t17-,18-/m1/s1. The number of carbonyl (C=O) groups excluding carboxylic acids is 3. The van der Waals surface area contributed by atoms with Gasteiger partial charge in [-0.05, 0) is 42.2 Å². The van der Waals surface area contributed by atoms with Crippen molar-refractivity contribution < 1.29 is 18.8 Å². The highest BCUT2D eigenvalue weighted by atomic mass is 19.1. The van der Waals surface area contributed by atoms with Gasteiger partial charge in [0.25, 0.3) is 5.91 Å². The number of amides is 3. The Kier molecular flexibility index (Phi) is 4.12. The number of rotatable bonds is 3. The van der Waals surface area contributed by atoms with Crippen LogP contribution in [0.4, 0.5) is 4.39 Å². The van der Waals surface area contributed by atoms with Crippen molar-refractivity contribution in [1.29, 1.82) is 0 Å². The molecule has 1 aromatic carbocycles. The topological polar surface area (TPSA) is 73.5 Å². The molecule has 2 aliphatic heterocycles. The lowest BCUT2D eigenvalue weighted by molar-refractivity contribution is -0.145. The van der Waals surface area contributed by atoms with Gasteiger partial charge >= 0.3 is 0 Å². The zero-order valence-corrected chi connectivity index (χ0v) is 15.7. The molecule has 0 bridgehead atoms. The van der Waals surface area contributed by atoms with Crippen molar-refractivity contribution in [2.45, 2.75) is 18.9 Å². The van der Waals surface area contributed by atoms with E-state index in [2.05, 4.69) is 4.98 Å². The number of imide groups is 1. The number of likely N-dealkylation sites (tertiary alicyclic amines) is 2. The minimum Gasteiger partial charge on any atom is -0.357 e. The Morgan fingerprint density at radius 1 is 0.966 bits per heavy atom. The van der Waals surface area contributed by atoms with Crippen molar-refractivity contribution in [1.82, 2.24) is 14.8 Å². The summed E-state index contributed by atoms with van der Waals surface area (Å²) in [4.78, 5) is 44.0. The van der Waals surface area contributed by atoms with Crippen LogP contribution in [0.5, 0.6) is 0 Å². The lowest BCUT2D eigenvalue weighted by Gasteiger charge is -2.43. The molecule has 1 N–H and O–H groups in total. The number of fused-ring (bicyclic) bond motifs is 1. The molecule has 148 valence electrons. The van der Waals surface area contributed by atoms with Crippen LogP contribution in [-0.2, 0) is 9.59 Å². The molecule has 0 unspecified atom stereocenters. The van der Waals surface area contributed by atoms with Gasteiger partial charge < -0.3 is 9.88 Å². The van der Waals surface area contributed by atoms with Crippen LogP contribution in [-0.4, -0.2) is 51.6 Å². The fourth-order valence-corrected chi connectivity index (χ4v) is 4.47. The van der Waals surface area contributed by atoms with Crippen LogP contribution in [0.2, 0.25) is 0 Å². The summed E-state index contributed by atoms with van der Waals surface area (Å²) in [5.41, 5.74) is 2.04. The average molecular weight is 393 g/mol. The van der Waals surface area contributed by atoms with E-state index >= 15 is 0 Å². The first-order chi connectivity index (χ1) is 14.0. The van der Waals surface area contributed by atoms with Gasteiger partial charge in [-0.15, -0.1) is 0 Å². The Hall–Kier alpha value is -3.22. The van der Waals surface area contributed by atoms with Crippen molar-refractivity contribution in [2.24, 2.45) is 11.8 Å². The molecule has 3 amide bonds. The first-order valence-electron chi connectivity index (χ1n) is 9.78. The Labute approximate surface area is 167 Å². The molecule has 1 aliphatic carbocycles. The number of carbonyl (C=O) groups is 3. The largest absolute Gasteiger partial charge is 0.357 e. The monoisotopic (exact) mass is 393 g/mol. The molecule has 2 saturated heterocycles. The molecule has 7 heteroatoms. The van der Waals surface area contributed by atoms with Gasteiger partial charge in [-0.2, -0.15) is 0 Å². The molecule has 3 aliphatic rings. The zero-order chi connectivity index (χ0) is 20.1. The van der Waals surface area contributed by atoms with Gasteiger partial charge in [-0.1, -0.05) is 24.3 Å². The second-order valence-electron chi connectivity index (χ2n) is 7.88. The summed E-state index contributed by atoms with van der Waals surface area (Å²) in [5.74, 6) is -1.15. The van der Waals surface area contributed by atoms with Crippen molar-refractivity contribution in [2.75, 3.05) is 13.1 Å². The van der Waals surface area contributed by atoms with E-state index in [1.165, 1.54) is 17.0 Å². The van der Waals surface area contributed by atoms with Crippen molar-refractivity contribution in [3.63, 3.8) is 0 Å². The number of hydrogen-bond donors (Lipinski definition) is 1. The summed E-state index contributed by atoms with van der Waals surface area (Å²) in [6.45, 7) is 0.710. The average Bonchev–Trinajstić information content (AvgIpc) is 3.28. The molecule has 29 heavy (non-hydrogen) atoms. The van der Waals surface area contributed by atoms with Gasteiger partial charge in [0.2, 0.25) is 11.8 Å². The molecular weight excluding hydrogens is 373 g/mol. The Morgan fingerprint density at radius 3 is 2.21 bits per heavy atom. The SMILES string of the molecule is O=C(c1cc(-c2ccc(F)cc2)c[nH]1)N1CC(N2C(=O)[C@@H]3CC=CC[C@H]3C2=O)C1. The van der Waals surface area contributed by atoms with E-state index in [1.807, 2.05) is 12.2 Å². The van der Waals surface area contributed by atoms with E-state index in [-0.39, 0.29) is 41.4 Å². The fraction of sp³-hybridized carbons (Fsp3) is 0.318. The molecular formula is C22H20FN3O3. The zero-order valence-electron chi connectivity index (χ0n) is 15.7. The maximum Gasteiger partial charge on any atom is 0.270 e. The van der Waals surface area contributed by atoms with Crippen molar-refractivity contribution >= 4 is 17.7 Å². The summed E-state index contributed by atoms with van der Waals surface area (Å²) in [6, 6.07) is 7.56. The maximum atomic E-state index is 13.1. The van der Waals surface area contributed by atoms with E-state index in [4.69, 9.17) is 0 Å². The lowest BCUT2D eigenvalue weighted by Crippen LogP contribution is -2.62. The number of aromatic nitrogens is 1. The number of hydrogen-bond acceptors (Lipinski definition) is 3. The number of nitrogens with one attached hydrogen (secondary N) is 1. The lowest BCUT2D eigenvalue weighted by atomic mass is 9.85. The smallest absolute Gasteiger partial charge is 0.270 e. The summed E-state index contributed by atoms with van der Waals surface area (Å²) in [7, 11) is 0. The maximum absolute atomic E-state index is 13.1. The molecule has 6 nitrogen and oxygen atoms in total. The normalized spacial score (nSPS) is 24.0. The number of aromatic amines is 1. The third-order valence-corrected chi connectivity index (χ3v) is 6.15. The second-order valence-corrected chi connectivity index (χ2v) is 7.88. The van der Waals surface area contributed by atoms with Gasteiger partial charge in [0.1, 0.15) is 11.5 Å². The Balaban J connectivity index is 1.24. The number of nitrogens with zero attached hydrogens (tertiary/aromatic N) is 2. The number of H-pyrrole nitrogens is 1. The van der Waals surface area contributed by atoms with Crippen molar-refractivity contribution in [3.8, 4) is 11.1 Å². The van der Waals surface area contributed by atoms with Crippen LogP contribution >= 0.6 is 0 Å². The predicted molar refractivity (Wildman–Crippen MR) is 103 cm³/mol. The molecule has 5 rings (SSSR count). The van der Waals surface area contributed by atoms with Gasteiger partial charge in [-0.25, -0.2) is 4.39 Å². The summed E-state index contributed by atoms with van der Waals surface area (Å²) in [6.07, 6.45) is 6.89. The van der Waals surface area contributed by atoms with E-state index in [9.17, 15) is 18.8 Å². The van der Waals surface area contributed by atoms with Crippen LogP contribution in [0.25, 0.3) is 11.1 Å². The second kappa shape index (κ2) is 6.69. The molecule has 2 fully saturated rings. The predicted octanol–water partition coefficient (Wildman–Crippen LogP) is 2.60. The third-order valence-electron chi connectivity index (χ3n) is 6.15. The minimum atomic E-state index is -0.311. The van der Waals surface area contributed by atoms with E-state index in [0.29, 0.717) is 31.6 Å². The van der Waals surface area contributed by atoms with Crippen LogP contribution in [0.1, 0.15) is 23.3 Å². The molecule has 2 atom stereocenters. The van der Waals surface area contributed by atoms with Crippen molar-refractivity contribution in [3.05, 3.63) is 60.2 Å². The summed E-state index contributed by atoms with van der Waals surface area (Å²) >= 11 is 0. The van der Waals surface area contributed by atoms with Gasteiger partial charge in [-0.3, -0.25) is 19.3 Å². The van der Waals surface area contributed by atoms with Gasteiger partial charge in [0.05, 0.1) is 17.9 Å². The summed E-state index contributed by atoms with van der Waals surface area (Å²) in [5, 5.41) is 0. The quantitative estimate of drug-likeness (QED) is 0.644. The first-order valence-corrected chi connectivity index (χ1v) is 9.78. The third kappa shape index (κ3) is 2.88. The van der Waals surface area contributed by atoms with Gasteiger partial charge in [0, 0.05) is 19.3 Å². The van der Waals surface area contributed by atoms with Crippen LogP contribution < -0.4 is 0 Å².